The number of rotatable bonds is 5. The standard InChI is InChI=1S/C13H13NO3S/c1-2-9-5-3-4-6-12(9)18-8-10-7-11(13(15)16)14-17-10/h3-7H,2,8H2,1H3,(H,15,16). The van der Waals surface area contributed by atoms with E-state index in [4.69, 9.17) is 9.63 Å². The van der Waals surface area contributed by atoms with Crippen molar-refractivity contribution >= 4 is 17.7 Å². The van der Waals surface area contributed by atoms with Crippen LogP contribution < -0.4 is 0 Å². The number of benzene rings is 1. The number of thioether (sulfide) groups is 1. The average molecular weight is 263 g/mol. The minimum atomic E-state index is -1.07. The third kappa shape index (κ3) is 2.92. The van der Waals surface area contributed by atoms with E-state index in [1.54, 1.807) is 11.8 Å². The summed E-state index contributed by atoms with van der Waals surface area (Å²) in [4.78, 5) is 11.8. The molecule has 2 rings (SSSR count). The highest BCUT2D eigenvalue weighted by Gasteiger charge is 2.11. The highest BCUT2D eigenvalue weighted by atomic mass is 32.2. The van der Waals surface area contributed by atoms with Crippen molar-refractivity contribution in [2.75, 3.05) is 0 Å². The van der Waals surface area contributed by atoms with E-state index in [2.05, 4.69) is 24.2 Å². The second-order valence-corrected chi connectivity index (χ2v) is 4.75. The van der Waals surface area contributed by atoms with Gasteiger partial charge in [-0.1, -0.05) is 30.3 Å². The van der Waals surface area contributed by atoms with Gasteiger partial charge in [0.25, 0.3) is 0 Å². The molecule has 2 aromatic rings. The molecule has 0 radical (unpaired) electrons. The van der Waals surface area contributed by atoms with Gasteiger partial charge in [0.1, 0.15) is 5.76 Å². The molecular weight excluding hydrogens is 250 g/mol. The summed E-state index contributed by atoms with van der Waals surface area (Å²) < 4.78 is 4.97. The Morgan fingerprint density at radius 1 is 1.44 bits per heavy atom. The van der Waals surface area contributed by atoms with Crippen LogP contribution in [0.4, 0.5) is 0 Å². The topological polar surface area (TPSA) is 63.3 Å². The molecule has 0 aliphatic rings. The predicted octanol–water partition coefficient (Wildman–Crippen LogP) is 3.23. The number of hydrogen-bond acceptors (Lipinski definition) is 4. The van der Waals surface area contributed by atoms with Gasteiger partial charge < -0.3 is 9.63 Å². The normalized spacial score (nSPS) is 10.5. The molecule has 0 atom stereocenters. The lowest BCUT2D eigenvalue weighted by atomic mass is 10.2. The lowest BCUT2D eigenvalue weighted by Gasteiger charge is -2.05. The number of carbonyl (C=O) groups is 1. The Morgan fingerprint density at radius 3 is 2.89 bits per heavy atom. The number of aromatic carboxylic acids is 1. The Hall–Kier alpha value is -1.75. The maximum absolute atomic E-state index is 10.7. The molecule has 0 spiro atoms. The van der Waals surface area contributed by atoms with Crippen LogP contribution in [0, 0.1) is 0 Å². The molecule has 18 heavy (non-hydrogen) atoms. The molecule has 0 saturated carbocycles. The molecule has 0 aliphatic heterocycles. The van der Waals surface area contributed by atoms with E-state index in [0.717, 1.165) is 6.42 Å². The van der Waals surface area contributed by atoms with E-state index in [-0.39, 0.29) is 5.69 Å². The molecule has 0 aliphatic carbocycles. The minimum absolute atomic E-state index is 0.0469. The first-order valence-electron chi connectivity index (χ1n) is 5.60. The van der Waals surface area contributed by atoms with Crippen molar-refractivity contribution < 1.29 is 14.4 Å². The van der Waals surface area contributed by atoms with Crippen molar-refractivity contribution in [2.45, 2.75) is 24.0 Å². The van der Waals surface area contributed by atoms with Crippen molar-refractivity contribution in [3.63, 3.8) is 0 Å². The Labute approximate surface area is 109 Å². The smallest absolute Gasteiger partial charge is 0.358 e. The number of aromatic nitrogens is 1. The summed E-state index contributed by atoms with van der Waals surface area (Å²) in [5, 5.41) is 12.2. The van der Waals surface area contributed by atoms with Crippen LogP contribution in [0.15, 0.2) is 39.8 Å². The monoisotopic (exact) mass is 263 g/mol. The fourth-order valence-corrected chi connectivity index (χ4v) is 2.57. The molecule has 0 saturated heterocycles. The molecular formula is C13H13NO3S. The Bertz CT molecular complexity index is 551. The van der Waals surface area contributed by atoms with Gasteiger partial charge in [-0.05, 0) is 18.1 Å². The summed E-state index contributed by atoms with van der Waals surface area (Å²) in [7, 11) is 0. The molecule has 0 bridgehead atoms. The van der Waals surface area contributed by atoms with Gasteiger partial charge in [0.2, 0.25) is 0 Å². The van der Waals surface area contributed by atoms with Gasteiger partial charge in [-0.3, -0.25) is 0 Å². The first kappa shape index (κ1) is 12.7. The summed E-state index contributed by atoms with van der Waals surface area (Å²) in [6, 6.07) is 9.61. The fraction of sp³-hybridized carbons (Fsp3) is 0.231. The zero-order valence-electron chi connectivity index (χ0n) is 9.92. The predicted molar refractivity (Wildman–Crippen MR) is 68.8 cm³/mol. The summed E-state index contributed by atoms with van der Waals surface area (Å²) in [5.74, 6) is 0.0874. The van der Waals surface area contributed by atoms with Crippen LogP contribution in [-0.4, -0.2) is 16.2 Å². The molecule has 5 heteroatoms. The molecule has 94 valence electrons. The second kappa shape index (κ2) is 5.73. The van der Waals surface area contributed by atoms with Gasteiger partial charge in [0.15, 0.2) is 5.69 Å². The average Bonchev–Trinajstić information content (AvgIpc) is 2.85. The van der Waals surface area contributed by atoms with Crippen molar-refractivity contribution in [1.29, 1.82) is 0 Å². The Morgan fingerprint density at radius 2 is 2.22 bits per heavy atom. The van der Waals surface area contributed by atoms with Gasteiger partial charge >= 0.3 is 5.97 Å². The van der Waals surface area contributed by atoms with Crippen LogP contribution in [0.5, 0.6) is 0 Å². The van der Waals surface area contributed by atoms with Crippen LogP contribution in [-0.2, 0) is 12.2 Å². The zero-order valence-corrected chi connectivity index (χ0v) is 10.7. The van der Waals surface area contributed by atoms with E-state index in [9.17, 15) is 4.79 Å². The SMILES string of the molecule is CCc1ccccc1SCc1cc(C(=O)O)no1. The van der Waals surface area contributed by atoms with Crippen molar-refractivity contribution in [3.05, 3.63) is 47.3 Å². The third-order valence-corrected chi connectivity index (χ3v) is 3.64. The van der Waals surface area contributed by atoms with Crippen LogP contribution in [0.3, 0.4) is 0 Å². The number of hydrogen-bond donors (Lipinski definition) is 1. The molecule has 1 N–H and O–H groups in total. The zero-order chi connectivity index (χ0) is 13.0. The van der Waals surface area contributed by atoms with Crippen molar-refractivity contribution in [1.82, 2.24) is 5.16 Å². The lowest BCUT2D eigenvalue weighted by molar-refractivity contribution is 0.0685. The lowest BCUT2D eigenvalue weighted by Crippen LogP contribution is -1.94. The summed E-state index contributed by atoms with van der Waals surface area (Å²) in [5.41, 5.74) is 1.23. The van der Waals surface area contributed by atoms with E-state index in [1.807, 2.05) is 12.1 Å². The summed E-state index contributed by atoms with van der Waals surface area (Å²) in [6.45, 7) is 2.11. The Balaban J connectivity index is 2.04. The van der Waals surface area contributed by atoms with Gasteiger partial charge in [0, 0.05) is 11.0 Å². The molecule has 1 heterocycles. The highest BCUT2D eigenvalue weighted by Crippen LogP contribution is 2.26. The number of aryl methyl sites for hydroxylation is 1. The van der Waals surface area contributed by atoms with Gasteiger partial charge in [-0.15, -0.1) is 11.8 Å². The van der Waals surface area contributed by atoms with Gasteiger partial charge in [0.05, 0.1) is 5.75 Å². The van der Waals surface area contributed by atoms with E-state index in [1.165, 1.54) is 16.5 Å². The summed E-state index contributed by atoms with van der Waals surface area (Å²) >= 11 is 1.62. The largest absolute Gasteiger partial charge is 0.476 e. The highest BCUT2D eigenvalue weighted by molar-refractivity contribution is 7.98. The quantitative estimate of drug-likeness (QED) is 0.839. The molecule has 0 unspecified atom stereocenters. The number of carboxylic acid groups (broad SMARTS) is 1. The minimum Gasteiger partial charge on any atom is -0.476 e. The van der Waals surface area contributed by atoms with Crippen LogP contribution >= 0.6 is 11.8 Å². The van der Waals surface area contributed by atoms with Crippen LogP contribution in [0.25, 0.3) is 0 Å². The molecule has 1 aromatic carbocycles. The molecule has 0 fully saturated rings. The van der Waals surface area contributed by atoms with Crippen LogP contribution in [0.2, 0.25) is 0 Å². The number of nitrogens with zero attached hydrogens (tertiary/aromatic N) is 1. The molecule has 0 amide bonds. The van der Waals surface area contributed by atoms with Gasteiger partial charge in [-0.25, -0.2) is 4.79 Å². The maximum Gasteiger partial charge on any atom is 0.358 e. The fourth-order valence-electron chi connectivity index (χ4n) is 1.57. The first-order valence-corrected chi connectivity index (χ1v) is 6.59. The second-order valence-electron chi connectivity index (χ2n) is 3.73. The Kier molecular flexibility index (Phi) is 4.04. The molecule has 1 aromatic heterocycles. The van der Waals surface area contributed by atoms with E-state index < -0.39 is 5.97 Å². The first-order chi connectivity index (χ1) is 8.70. The molecule has 4 nitrogen and oxygen atoms in total. The van der Waals surface area contributed by atoms with E-state index in [0.29, 0.717) is 11.5 Å². The van der Waals surface area contributed by atoms with Crippen molar-refractivity contribution in [2.24, 2.45) is 0 Å². The van der Waals surface area contributed by atoms with Gasteiger partial charge in [-0.2, -0.15) is 0 Å². The van der Waals surface area contributed by atoms with Crippen molar-refractivity contribution in [3.8, 4) is 0 Å². The summed E-state index contributed by atoms with van der Waals surface area (Å²) in [6.07, 6.45) is 0.972. The maximum atomic E-state index is 10.7. The van der Waals surface area contributed by atoms with Crippen LogP contribution in [0.1, 0.15) is 28.7 Å². The van der Waals surface area contributed by atoms with E-state index >= 15 is 0 Å². The number of carboxylic acids is 1. The third-order valence-electron chi connectivity index (χ3n) is 2.50.